The molecule has 1 aromatic carbocycles. The van der Waals surface area contributed by atoms with Crippen LogP contribution < -0.4 is 5.32 Å². The van der Waals surface area contributed by atoms with E-state index in [1.54, 1.807) is 24.3 Å². The number of nitrogens with one attached hydrogen (secondary N) is 1. The van der Waals surface area contributed by atoms with E-state index in [9.17, 15) is 18.0 Å². The normalized spacial score (nSPS) is 11.4. The Hall–Kier alpha value is -1.41. The van der Waals surface area contributed by atoms with Crippen LogP contribution >= 0.6 is 27.3 Å². The molecule has 0 unspecified atom stereocenters. The molecular formula is C12H8BrF3N2OS. The molecule has 0 aliphatic rings. The molecule has 0 saturated carbocycles. The first-order chi connectivity index (χ1) is 9.29. The number of para-hydroxylation sites is 1. The van der Waals surface area contributed by atoms with Crippen molar-refractivity contribution in [1.29, 1.82) is 0 Å². The van der Waals surface area contributed by atoms with Crippen molar-refractivity contribution in [3.8, 4) is 0 Å². The number of hydrogen-bond acceptors (Lipinski definition) is 3. The van der Waals surface area contributed by atoms with E-state index in [1.165, 1.54) is 6.92 Å². The number of nitrogens with zero attached hydrogens (tertiary/aromatic N) is 1. The van der Waals surface area contributed by atoms with Crippen LogP contribution in [-0.4, -0.2) is 10.9 Å². The lowest BCUT2D eigenvalue weighted by atomic mass is 10.3. The minimum Gasteiger partial charge on any atom is -0.320 e. The second-order valence-corrected chi connectivity index (χ2v) is 5.90. The van der Waals surface area contributed by atoms with E-state index in [1.807, 2.05) is 0 Å². The summed E-state index contributed by atoms with van der Waals surface area (Å²) in [5.74, 6) is -0.824. The van der Waals surface area contributed by atoms with Crippen LogP contribution in [-0.2, 0) is 6.18 Å². The lowest BCUT2D eigenvalue weighted by Crippen LogP contribution is -2.17. The summed E-state index contributed by atoms with van der Waals surface area (Å²) in [6, 6.07) is 6.67. The van der Waals surface area contributed by atoms with Gasteiger partial charge in [-0.2, -0.15) is 13.2 Å². The number of halogens is 4. The average molecular weight is 365 g/mol. The lowest BCUT2D eigenvalue weighted by molar-refractivity contribution is -0.141. The topological polar surface area (TPSA) is 42.0 Å². The number of thiazole rings is 1. The molecule has 1 N–H and O–H groups in total. The molecule has 0 bridgehead atoms. The van der Waals surface area contributed by atoms with Gasteiger partial charge in [0.05, 0.1) is 10.7 Å². The molecule has 0 fully saturated rings. The van der Waals surface area contributed by atoms with Gasteiger partial charge in [-0.3, -0.25) is 4.79 Å². The quantitative estimate of drug-likeness (QED) is 0.853. The van der Waals surface area contributed by atoms with Gasteiger partial charge in [-0.05, 0) is 35.0 Å². The number of carbonyl (C=O) groups excluding carboxylic acids is 1. The largest absolute Gasteiger partial charge is 0.435 e. The van der Waals surface area contributed by atoms with Crippen molar-refractivity contribution in [2.75, 3.05) is 5.32 Å². The Bertz CT molecular complexity index is 654. The second kappa shape index (κ2) is 5.53. The van der Waals surface area contributed by atoms with Gasteiger partial charge < -0.3 is 5.32 Å². The van der Waals surface area contributed by atoms with Crippen LogP contribution in [0.2, 0.25) is 0 Å². The van der Waals surface area contributed by atoms with Crippen molar-refractivity contribution in [2.45, 2.75) is 13.1 Å². The van der Waals surface area contributed by atoms with Crippen LogP contribution in [0.15, 0.2) is 28.7 Å². The number of rotatable bonds is 2. The molecule has 3 nitrogen and oxygen atoms in total. The number of alkyl halides is 3. The lowest BCUT2D eigenvalue weighted by Gasteiger charge is -2.08. The summed E-state index contributed by atoms with van der Waals surface area (Å²) in [5.41, 5.74) is -0.749. The molecule has 8 heteroatoms. The summed E-state index contributed by atoms with van der Waals surface area (Å²) in [6.07, 6.45) is -4.65. The summed E-state index contributed by atoms with van der Waals surface area (Å²) in [5, 5.41) is 2.63. The highest BCUT2D eigenvalue weighted by molar-refractivity contribution is 9.10. The fraction of sp³-hybridized carbons (Fsp3) is 0.167. The minimum absolute atomic E-state index is 0.189. The van der Waals surface area contributed by atoms with E-state index < -0.39 is 22.7 Å². The third-order valence-electron chi connectivity index (χ3n) is 2.33. The summed E-state index contributed by atoms with van der Waals surface area (Å²) in [6.45, 7) is 1.43. The first kappa shape index (κ1) is 15.0. The van der Waals surface area contributed by atoms with Crippen molar-refractivity contribution in [3.05, 3.63) is 44.3 Å². The van der Waals surface area contributed by atoms with E-state index in [4.69, 9.17) is 0 Å². The number of aryl methyl sites for hydroxylation is 1. The molecule has 0 radical (unpaired) electrons. The minimum atomic E-state index is -4.65. The van der Waals surface area contributed by atoms with Crippen LogP contribution in [0.25, 0.3) is 0 Å². The Kier molecular flexibility index (Phi) is 4.14. The summed E-state index contributed by atoms with van der Waals surface area (Å²) in [4.78, 5) is 14.9. The van der Waals surface area contributed by atoms with Crippen molar-refractivity contribution in [1.82, 2.24) is 4.98 Å². The molecular weight excluding hydrogens is 357 g/mol. The van der Waals surface area contributed by atoms with Crippen molar-refractivity contribution >= 4 is 38.9 Å². The number of amides is 1. The van der Waals surface area contributed by atoms with E-state index in [0.29, 0.717) is 21.5 Å². The first-order valence-electron chi connectivity index (χ1n) is 5.39. The number of carbonyl (C=O) groups is 1. The van der Waals surface area contributed by atoms with Gasteiger partial charge in [0.25, 0.3) is 5.91 Å². The molecule has 2 aromatic rings. The molecule has 1 aromatic heterocycles. The molecule has 0 atom stereocenters. The highest BCUT2D eigenvalue weighted by Crippen LogP contribution is 2.34. The molecule has 0 aliphatic heterocycles. The van der Waals surface area contributed by atoms with Gasteiger partial charge in [0.1, 0.15) is 4.88 Å². The van der Waals surface area contributed by atoms with Crippen molar-refractivity contribution in [3.63, 3.8) is 0 Å². The van der Waals surface area contributed by atoms with Gasteiger partial charge >= 0.3 is 6.18 Å². The third kappa shape index (κ3) is 3.18. The third-order valence-corrected chi connectivity index (χ3v) is 3.99. The fourth-order valence-electron chi connectivity index (χ4n) is 1.51. The van der Waals surface area contributed by atoms with Crippen LogP contribution in [0.5, 0.6) is 0 Å². The maximum Gasteiger partial charge on any atom is 0.435 e. The fourth-order valence-corrected chi connectivity index (χ4v) is 2.73. The number of benzene rings is 1. The SMILES string of the molecule is Cc1nc(C(F)(F)F)c(C(=O)Nc2ccccc2Br)s1. The van der Waals surface area contributed by atoms with Crippen LogP contribution in [0, 0.1) is 6.92 Å². The Balaban J connectivity index is 2.33. The Morgan fingerprint density at radius 3 is 2.60 bits per heavy atom. The zero-order chi connectivity index (χ0) is 14.9. The summed E-state index contributed by atoms with van der Waals surface area (Å²) < 4.78 is 39.0. The Morgan fingerprint density at radius 1 is 1.35 bits per heavy atom. The van der Waals surface area contributed by atoms with Gasteiger partial charge in [0.15, 0.2) is 5.69 Å². The number of aromatic nitrogens is 1. The Morgan fingerprint density at radius 2 is 2.00 bits per heavy atom. The monoisotopic (exact) mass is 364 g/mol. The van der Waals surface area contributed by atoms with Crippen molar-refractivity contribution < 1.29 is 18.0 Å². The molecule has 106 valence electrons. The Labute approximate surface area is 125 Å². The molecule has 0 spiro atoms. The summed E-state index contributed by atoms with van der Waals surface area (Å²) >= 11 is 3.93. The molecule has 2 rings (SSSR count). The standard InChI is InChI=1S/C12H8BrF3N2OS/c1-6-17-10(12(14,15)16)9(20-6)11(19)18-8-5-3-2-4-7(8)13/h2-5H,1H3,(H,18,19). The van der Waals surface area contributed by atoms with Crippen LogP contribution in [0.1, 0.15) is 20.4 Å². The number of hydrogen-bond donors (Lipinski definition) is 1. The maximum absolute atomic E-state index is 12.8. The highest BCUT2D eigenvalue weighted by Gasteiger charge is 2.39. The predicted molar refractivity (Wildman–Crippen MR) is 73.9 cm³/mol. The van der Waals surface area contributed by atoms with Crippen LogP contribution in [0.3, 0.4) is 0 Å². The van der Waals surface area contributed by atoms with Gasteiger partial charge in [0.2, 0.25) is 0 Å². The van der Waals surface area contributed by atoms with Gasteiger partial charge in [-0.15, -0.1) is 11.3 Å². The zero-order valence-corrected chi connectivity index (χ0v) is 12.5. The molecule has 0 saturated heterocycles. The van der Waals surface area contributed by atoms with E-state index in [2.05, 4.69) is 26.2 Å². The summed E-state index contributed by atoms with van der Waals surface area (Å²) in [7, 11) is 0. The zero-order valence-electron chi connectivity index (χ0n) is 10.1. The van der Waals surface area contributed by atoms with E-state index in [-0.39, 0.29) is 5.01 Å². The van der Waals surface area contributed by atoms with Crippen LogP contribution in [0.4, 0.5) is 18.9 Å². The molecule has 0 aliphatic carbocycles. The molecule has 1 amide bonds. The van der Waals surface area contributed by atoms with Gasteiger partial charge in [-0.1, -0.05) is 12.1 Å². The molecule has 1 heterocycles. The smallest absolute Gasteiger partial charge is 0.320 e. The van der Waals surface area contributed by atoms with E-state index >= 15 is 0 Å². The van der Waals surface area contributed by atoms with Crippen molar-refractivity contribution in [2.24, 2.45) is 0 Å². The second-order valence-electron chi connectivity index (χ2n) is 3.84. The first-order valence-corrected chi connectivity index (χ1v) is 7.00. The van der Waals surface area contributed by atoms with E-state index in [0.717, 1.165) is 0 Å². The maximum atomic E-state index is 12.8. The predicted octanol–water partition coefficient (Wildman–Crippen LogP) is 4.49. The van der Waals surface area contributed by atoms with Gasteiger partial charge in [-0.25, -0.2) is 4.98 Å². The highest BCUT2D eigenvalue weighted by atomic mass is 79.9. The molecule has 20 heavy (non-hydrogen) atoms. The average Bonchev–Trinajstić information content (AvgIpc) is 2.74. The van der Waals surface area contributed by atoms with Gasteiger partial charge in [0, 0.05) is 4.47 Å². The number of anilines is 1.